The monoisotopic (exact) mass is 361 g/mol. The Morgan fingerprint density at radius 2 is 1.56 bits per heavy atom. The molecule has 0 aromatic carbocycles. The van der Waals surface area contributed by atoms with E-state index in [1.165, 1.54) is 47.4 Å². The Bertz CT molecular complexity index is 189. The van der Waals surface area contributed by atoms with Crippen LogP contribution in [0.5, 0.6) is 0 Å². The fourth-order valence-corrected chi connectivity index (χ4v) is 13.7. The summed E-state index contributed by atoms with van der Waals surface area (Å²) < 4.78 is 9.32. The molecule has 107 valence electrons. The molecule has 0 aliphatic heterocycles. The molecule has 1 unspecified atom stereocenters. The van der Waals surface area contributed by atoms with Crippen molar-refractivity contribution in [1.29, 1.82) is 0 Å². The Balaban J connectivity index is 4.83. The van der Waals surface area contributed by atoms with Crippen molar-refractivity contribution in [2.24, 2.45) is 0 Å². The molecule has 0 N–H and O–H groups in total. The molecule has 0 saturated heterocycles. The molecule has 0 bridgehead atoms. The molecule has 18 heavy (non-hydrogen) atoms. The van der Waals surface area contributed by atoms with Crippen LogP contribution in [0.4, 0.5) is 0 Å². The van der Waals surface area contributed by atoms with E-state index in [2.05, 4.69) is 40.3 Å². The second-order valence-electron chi connectivity index (χ2n) is 5.09. The second-order valence-corrected chi connectivity index (χ2v) is 13.8. The van der Waals surface area contributed by atoms with Gasteiger partial charge in [0.1, 0.15) is 0 Å². The molecule has 0 rings (SSSR count). The van der Waals surface area contributed by atoms with Crippen LogP contribution in [0.3, 0.4) is 0 Å². The van der Waals surface area contributed by atoms with E-state index in [1.807, 2.05) is 0 Å². The normalized spacial score (nSPS) is 14.7. The fraction of sp³-hybridized carbons (Fsp3) is 0.875. The van der Waals surface area contributed by atoms with Crippen LogP contribution in [-0.2, 0) is 4.74 Å². The summed E-state index contributed by atoms with van der Waals surface area (Å²) in [5, 5.41) is 0. The van der Waals surface area contributed by atoms with Crippen molar-refractivity contribution < 1.29 is 4.74 Å². The van der Waals surface area contributed by atoms with E-state index in [-0.39, 0.29) is 3.62 Å². The topological polar surface area (TPSA) is 9.23 Å². The van der Waals surface area contributed by atoms with Gasteiger partial charge in [-0.05, 0) is 0 Å². The van der Waals surface area contributed by atoms with Gasteiger partial charge in [-0.25, -0.2) is 0 Å². The summed E-state index contributed by atoms with van der Waals surface area (Å²) in [5.74, 6) is 0. The van der Waals surface area contributed by atoms with Gasteiger partial charge >= 0.3 is 122 Å². The average Bonchev–Trinajstić information content (AvgIpc) is 2.38. The molecule has 1 nitrogen and oxygen atoms in total. The van der Waals surface area contributed by atoms with Gasteiger partial charge in [0, 0.05) is 0 Å². The first-order valence-corrected chi connectivity index (χ1v) is 13.3. The van der Waals surface area contributed by atoms with E-state index in [0.29, 0.717) is 0 Å². The number of ether oxygens (including phenoxy) is 1. The van der Waals surface area contributed by atoms with Crippen molar-refractivity contribution in [2.45, 2.75) is 78.7 Å². The van der Waals surface area contributed by atoms with E-state index in [0.717, 1.165) is 6.61 Å². The fourth-order valence-electron chi connectivity index (χ4n) is 2.61. The summed E-state index contributed by atoms with van der Waals surface area (Å²) >= 11 is -1.54. The van der Waals surface area contributed by atoms with Gasteiger partial charge in [0.25, 0.3) is 0 Å². The molecule has 1 radical (unpaired) electrons. The van der Waals surface area contributed by atoms with Crippen LogP contribution in [0.15, 0.2) is 12.7 Å². The van der Waals surface area contributed by atoms with E-state index in [4.69, 9.17) is 4.74 Å². The zero-order valence-corrected chi connectivity index (χ0v) is 15.9. The molecule has 0 aliphatic rings. The Hall–Kier alpha value is 0.499. The summed E-state index contributed by atoms with van der Waals surface area (Å²) in [6.45, 7) is 14.0. The molecule has 2 heteroatoms. The van der Waals surface area contributed by atoms with Crippen LogP contribution in [0.25, 0.3) is 0 Å². The van der Waals surface area contributed by atoms with Crippen LogP contribution in [0, 0.1) is 0 Å². The van der Waals surface area contributed by atoms with Crippen LogP contribution >= 0.6 is 0 Å². The van der Waals surface area contributed by atoms with Gasteiger partial charge in [0.15, 0.2) is 0 Å². The van der Waals surface area contributed by atoms with Gasteiger partial charge < -0.3 is 0 Å². The molecule has 0 saturated carbocycles. The predicted octanol–water partition coefficient (Wildman–Crippen LogP) is 5.38. The third-order valence-corrected chi connectivity index (χ3v) is 14.2. The number of rotatable bonds is 12. The average molecular weight is 360 g/mol. The Kier molecular flexibility index (Phi) is 11.6. The van der Waals surface area contributed by atoms with Gasteiger partial charge in [0.05, 0.1) is 0 Å². The number of hydrogen-bond acceptors (Lipinski definition) is 1. The van der Waals surface area contributed by atoms with Gasteiger partial charge in [-0.15, -0.1) is 0 Å². The molecule has 0 spiro atoms. The van der Waals surface area contributed by atoms with Crippen LogP contribution < -0.4 is 0 Å². The summed E-state index contributed by atoms with van der Waals surface area (Å²) in [6, 6.07) is 0. The third-order valence-electron chi connectivity index (χ3n) is 3.62. The molecule has 0 aliphatic carbocycles. The van der Waals surface area contributed by atoms with Gasteiger partial charge in [-0.1, -0.05) is 0 Å². The Morgan fingerprint density at radius 3 is 1.89 bits per heavy atom. The minimum atomic E-state index is -1.54. The van der Waals surface area contributed by atoms with Crippen LogP contribution in [-0.4, -0.2) is 30.0 Å². The van der Waals surface area contributed by atoms with Gasteiger partial charge in [0.2, 0.25) is 0 Å². The molecule has 0 aromatic rings. The van der Waals surface area contributed by atoms with Crippen molar-refractivity contribution >= 4 is 19.8 Å². The first-order valence-electron chi connectivity index (χ1n) is 7.83. The Morgan fingerprint density at radius 1 is 1.00 bits per heavy atom. The SMILES string of the molecule is C=C[C](CCC)(OCC)[Sn]([CH2]CCC)[CH2]CCC. The molecule has 0 aromatic heterocycles. The maximum atomic E-state index is 6.24. The zero-order chi connectivity index (χ0) is 13.9. The molecule has 0 fully saturated rings. The summed E-state index contributed by atoms with van der Waals surface area (Å²) in [4.78, 5) is 0. The van der Waals surface area contributed by atoms with Crippen molar-refractivity contribution in [3.05, 3.63) is 12.7 Å². The zero-order valence-electron chi connectivity index (χ0n) is 13.1. The van der Waals surface area contributed by atoms with Crippen molar-refractivity contribution in [1.82, 2.24) is 0 Å². The van der Waals surface area contributed by atoms with Crippen LogP contribution in [0.2, 0.25) is 8.87 Å². The Labute approximate surface area is 122 Å². The van der Waals surface area contributed by atoms with Gasteiger partial charge in [-0.3, -0.25) is 0 Å². The van der Waals surface area contributed by atoms with Crippen molar-refractivity contribution in [3.8, 4) is 0 Å². The molecule has 0 amide bonds. The van der Waals surface area contributed by atoms with E-state index < -0.39 is 19.8 Å². The molecule has 0 heterocycles. The quantitative estimate of drug-likeness (QED) is 0.335. The van der Waals surface area contributed by atoms with Gasteiger partial charge in [-0.2, -0.15) is 0 Å². The first-order chi connectivity index (χ1) is 8.70. The first kappa shape index (κ1) is 18.5. The second kappa shape index (κ2) is 11.3. The minimum absolute atomic E-state index is 0.121. The van der Waals surface area contributed by atoms with Crippen molar-refractivity contribution in [3.63, 3.8) is 0 Å². The molecule has 1 atom stereocenters. The third kappa shape index (κ3) is 6.10. The van der Waals surface area contributed by atoms with Crippen LogP contribution in [0.1, 0.15) is 66.2 Å². The summed E-state index contributed by atoms with van der Waals surface area (Å²) in [7, 11) is 0. The summed E-state index contributed by atoms with van der Waals surface area (Å²) in [5.41, 5.74) is 0. The number of hydrogen-bond donors (Lipinski definition) is 0. The van der Waals surface area contributed by atoms with E-state index in [9.17, 15) is 0 Å². The van der Waals surface area contributed by atoms with E-state index >= 15 is 0 Å². The van der Waals surface area contributed by atoms with E-state index in [1.54, 1.807) is 0 Å². The standard InChI is InChI=1S/C8H15O.2C4H9.Sn/c1-4-7-8(5-2)9-6-3;2*1-3-4-2;/h5H,2,4,6-7H2,1,3H3;2*1,3-4H2,2H3;. The van der Waals surface area contributed by atoms with Crippen molar-refractivity contribution in [2.75, 3.05) is 6.61 Å². The number of unbranched alkanes of at least 4 members (excludes halogenated alkanes) is 2. The molecular formula is C16H33OSn. The molecular weight excluding hydrogens is 327 g/mol. The summed E-state index contributed by atoms with van der Waals surface area (Å²) in [6.07, 6.45) is 10.0. The maximum absolute atomic E-state index is 6.24. The predicted molar refractivity (Wildman–Crippen MR) is 84.6 cm³/mol.